The van der Waals surface area contributed by atoms with Gasteiger partial charge in [-0.1, -0.05) is 0 Å². The van der Waals surface area contributed by atoms with Gasteiger partial charge in [-0.25, -0.2) is 4.79 Å². The molecular formula is C10H8N2O3. The van der Waals surface area contributed by atoms with Gasteiger partial charge in [-0.05, 0) is 24.3 Å². The lowest BCUT2D eigenvalue weighted by Crippen LogP contribution is -2.10. The highest BCUT2D eigenvalue weighted by atomic mass is 16.4. The molecule has 1 aromatic carbocycles. The summed E-state index contributed by atoms with van der Waals surface area (Å²) in [5.74, 6) is -1.44. The first kappa shape index (κ1) is 10.7. The van der Waals surface area contributed by atoms with Gasteiger partial charge in [0, 0.05) is 5.69 Å². The van der Waals surface area contributed by atoms with Crippen LogP contribution in [0.1, 0.15) is 16.8 Å². The summed E-state index contributed by atoms with van der Waals surface area (Å²) in [5, 5.41) is 19.3. The highest BCUT2D eigenvalue weighted by molar-refractivity contribution is 5.93. The molecule has 0 saturated carbocycles. The van der Waals surface area contributed by atoms with Crippen molar-refractivity contribution < 1.29 is 14.7 Å². The maximum absolute atomic E-state index is 11.0. The zero-order valence-electron chi connectivity index (χ0n) is 7.73. The van der Waals surface area contributed by atoms with Gasteiger partial charge < -0.3 is 10.4 Å². The van der Waals surface area contributed by atoms with Crippen LogP contribution in [0.3, 0.4) is 0 Å². The van der Waals surface area contributed by atoms with Crippen LogP contribution in [0.4, 0.5) is 5.69 Å². The lowest BCUT2D eigenvalue weighted by atomic mass is 10.2. The van der Waals surface area contributed by atoms with Crippen molar-refractivity contribution in [3.8, 4) is 6.07 Å². The second-order valence-corrected chi connectivity index (χ2v) is 2.77. The highest BCUT2D eigenvalue weighted by Crippen LogP contribution is 2.09. The second kappa shape index (κ2) is 4.77. The Morgan fingerprint density at radius 3 is 2.40 bits per heavy atom. The molecule has 5 heteroatoms. The Labute approximate surface area is 86.0 Å². The van der Waals surface area contributed by atoms with Crippen molar-refractivity contribution in [1.29, 1.82) is 5.26 Å². The monoisotopic (exact) mass is 204 g/mol. The summed E-state index contributed by atoms with van der Waals surface area (Å²) in [6, 6.07) is 7.41. The minimum Gasteiger partial charge on any atom is -0.478 e. The maximum Gasteiger partial charge on any atom is 0.335 e. The quantitative estimate of drug-likeness (QED) is 0.774. The van der Waals surface area contributed by atoms with Gasteiger partial charge in [-0.2, -0.15) is 5.26 Å². The predicted octanol–water partition coefficient (Wildman–Crippen LogP) is 1.24. The molecule has 1 aromatic rings. The first-order chi connectivity index (χ1) is 7.13. The molecule has 5 nitrogen and oxygen atoms in total. The number of carboxylic acid groups (broad SMARTS) is 1. The fourth-order valence-corrected chi connectivity index (χ4v) is 0.973. The number of hydrogen-bond acceptors (Lipinski definition) is 3. The first-order valence-corrected chi connectivity index (χ1v) is 4.13. The van der Waals surface area contributed by atoms with Crippen LogP contribution in [0.5, 0.6) is 0 Å². The molecule has 0 aliphatic carbocycles. The smallest absolute Gasteiger partial charge is 0.335 e. The van der Waals surface area contributed by atoms with Gasteiger partial charge in [0.25, 0.3) is 0 Å². The Bertz CT molecular complexity index is 417. The van der Waals surface area contributed by atoms with Gasteiger partial charge in [0.1, 0.15) is 6.42 Å². The van der Waals surface area contributed by atoms with E-state index >= 15 is 0 Å². The van der Waals surface area contributed by atoms with Gasteiger partial charge in [-0.15, -0.1) is 0 Å². The van der Waals surface area contributed by atoms with E-state index in [4.69, 9.17) is 10.4 Å². The van der Waals surface area contributed by atoms with Crippen molar-refractivity contribution in [3.05, 3.63) is 29.8 Å². The average Bonchev–Trinajstić information content (AvgIpc) is 2.18. The van der Waals surface area contributed by atoms with Crippen molar-refractivity contribution >= 4 is 17.6 Å². The number of carbonyl (C=O) groups is 2. The van der Waals surface area contributed by atoms with E-state index in [1.54, 1.807) is 6.07 Å². The van der Waals surface area contributed by atoms with Crippen LogP contribution in [0, 0.1) is 11.3 Å². The molecule has 1 rings (SSSR count). The van der Waals surface area contributed by atoms with Crippen LogP contribution in [0.25, 0.3) is 0 Å². The Kier molecular flexibility index (Phi) is 3.41. The normalized spacial score (nSPS) is 9.00. The molecule has 0 atom stereocenters. The molecule has 0 radical (unpaired) electrons. The number of carbonyl (C=O) groups excluding carboxylic acids is 1. The third kappa shape index (κ3) is 3.12. The summed E-state index contributed by atoms with van der Waals surface area (Å²) >= 11 is 0. The molecule has 1 amide bonds. The van der Waals surface area contributed by atoms with E-state index in [9.17, 15) is 9.59 Å². The molecule has 0 aliphatic heterocycles. The van der Waals surface area contributed by atoms with E-state index in [0.717, 1.165) is 0 Å². The molecule has 2 N–H and O–H groups in total. The van der Waals surface area contributed by atoms with Gasteiger partial charge in [0.15, 0.2) is 0 Å². The van der Waals surface area contributed by atoms with Crippen molar-refractivity contribution in [2.75, 3.05) is 5.32 Å². The number of nitrogens with zero attached hydrogens (tertiary/aromatic N) is 1. The Balaban J connectivity index is 2.69. The zero-order valence-corrected chi connectivity index (χ0v) is 7.73. The lowest BCUT2D eigenvalue weighted by molar-refractivity contribution is -0.115. The maximum atomic E-state index is 11.0. The molecule has 0 heterocycles. The van der Waals surface area contributed by atoms with Gasteiger partial charge in [0.05, 0.1) is 11.6 Å². The number of hydrogen-bond donors (Lipinski definition) is 2. The molecule has 0 spiro atoms. The number of carboxylic acids is 1. The molecule has 0 unspecified atom stereocenters. The van der Waals surface area contributed by atoms with Crippen molar-refractivity contribution in [1.82, 2.24) is 0 Å². The Morgan fingerprint density at radius 1 is 1.33 bits per heavy atom. The van der Waals surface area contributed by atoms with E-state index in [1.807, 2.05) is 0 Å². The minimum absolute atomic E-state index is 0.147. The van der Waals surface area contributed by atoms with Crippen molar-refractivity contribution in [3.63, 3.8) is 0 Å². The number of nitriles is 1. The number of aromatic carboxylic acids is 1. The molecule has 15 heavy (non-hydrogen) atoms. The number of rotatable bonds is 3. The van der Waals surface area contributed by atoms with E-state index < -0.39 is 11.9 Å². The number of nitrogens with one attached hydrogen (secondary N) is 1. The lowest BCUT2D eigenvalue weighted by Gasteiger charge is -2.02. The summed E-state index contributed by atoms with van der Waals surface area (Å²) < 4.78 is 0. The fraction of sp³-hybridized carbons (Fsp3) is 0.100. The number of benzene rings is 1. The van der Waals surface area contributed by atoms with Crippen LogP contribution in [0.2, 0.25) is 0 Å². The number of anilines is 1. The van der Waals surface area contributed by atoms with Gasteiger partial charge >= 0.3 is 5.97 Å². The molecule has 0 bridgehead atoms. The molecule has 0 aromatic heterocycles. The first-order valence-electron chi connectivity index (χ1n) is 4.13. The minimum atomic E-state index is -1.02. The second-order valence-electron chi connectivity index (χ2n) is 2.77. The summed E-state index contributed by atoms with van der Waals surface area (Å²) in [7, 11) is 0. The van der Waals surface area contributed by atoms with E-state index in [2.05, 4.69) is 5.32 Å². The van der Waals surface area contributed by atoms with Crippen molar-refractivity contribution in [2.24, 2.45) is 0 Å². The van der Waals surface area contributed by atoms with E-state index in [-0.39, 0.29) is 12.0 Å². The van der Waals surface area contributed by atoms with Crippen LogP contribution in [-0.4, -0.2) is 17.0 Å². The standard InChI is InChI=1S/C10H8N2O3/c11-6-5-9(13)12-8-3-1-7(2-4-8)10(14)15/h1-4H,5H2,(H,12,13)(H,14,15). The molecular weight excluding hydrogens is 196 g/mol. The van der Waals surface area contributed by atoms with Gasteiger partial charge in [0.2, 0.25) is 5.91 Å². The SMILES string of the molecule is N#CCC(=O)Nc1ccc(C(=O)O)cc1. The number of amides is 1. The Hall–Kier alpha value is -2.35. The largest absolute Gasteiger partial charge is 0.478 e. The van der Waals surface area contributed by atoms with Crippen LogP contribution >= 0.6 is 0 Å². The predicted molar refractivity (Wildman–Crippen MR) is 52.3 cm³/mol. The molecule has 0 fully saturated rings. The fourth-order valence-electron chi connectivity index (χ4n) is 0.973. The molecule has 0 saturated heterocycles. The van der Waals surface area contributed by atoms with E-state index in [0.29, 0.717) is 5.69 Å². The summed E-state index contributed by atoms with van der Waals surface area (Å²) in [6.45, 7) is 0. The summed E-state index contributed by atoms with van der Waals surface area (Å²) in [5.41, 5.74) is 0.619. The third-order valence-corrected chi connectivity index (χ3v) is 1.66. The zero-order chi connectivity index (χ0) is 11.3. The average molecular weight is 204 g/mol. The van der Waals surface area contributed by atoms with Gasteiger partial charge in [-0.3, -0.25) is 4.79 Å². The van der Waals surface area contributed by atoms with Crippen LogP contribution in [0.15, 0.2) is 24.3 Å². The van der Waals surface area contributed by atoms with Crippen LogP contribution < -0.4 is 5.32 Å². The highest BCUT2D eigenvalue weighted by Gasteiger charge is 2.03. The summed E-state index contributed by atoms with van der Waals surface area (Å²) in [4.78, 5) is 21.5. The molecule has 0 aliphatic rings. The Morgan fingerprint density at radius 2 is 1.93 bits per heavy atom. The van der Waals surface area contributed by atoms with Crippen molar-refractivity contribution in [2.45, 2.75) is 6.42 Å². The summed E-state index contributed by atoms with van der Waals surface area (Å²) in [6.07, 6.45) is -0.222. The third-order valence-electron chi connectivity index (χ3n) is 1.66. The molecule has 76 valence electrons. The van der Waals surface area contributed by atoms with Crippen LogP contribution in [-0.2, 0) is 4.79 Å². The van der Waals surface area contributed by atoms with E-state index in [1.165, 1.54) is 24.3 Å². The topological polar surface area (TPSA) is 90.2 Å².